The number of anilines is 1. The van der Waals surface area contributed by atoms with E-state index in [4.69, 9.17) is 11.6 Å². The van der Waals surface area contributed by atoms with E-state index in [0.29, 0.717) is 23.8 Å². The quantitative estimate of drug-likeness (QED) is 0.708. The molecule has 2 rings (SSSR count). The normalized spacial score (nSPS) is 13.3. The molecule has 0 aliphatic rings. The van der Waals surface area contributed by atoms with Crippen LogP contribution in [0.3, 0.4) is 0 Å². The number of amides is 2. The molecule has 0 bridgehead atoms. The molecule has 0 unspecified atom stereocenters. The lowest BCUT2D eigenvalue weighted by Crippen LogP contribution is -2.39. The van der Waals surface area contributed by atoms with E-state index in [1.807, 2.05) is 49.3 Å². The van der Waals surface area contributed by atoms with Gasteiger partial charge in [-0.1, -0.05) is 41.9 Å². The van der Waals surface area contributed by atoms with Gasteiger partial charge in [-0.05, 0) is 43.9 Å². The van der Waals surface area contributed by atoms with Gasteiger partial charge in [0.15, 0.2) is 0 Å². The summed E-state index contributed by atoms with van der Waals surface area (Å²) in [4.78, 5) is 14.1. The smallest absolute Gasteiger partial charge is 0.319 e. The molecule has 6 heteroatoms. The summed E-state index contributed by atoms with van der Waals surface area (Å²) in [5.74, 6) is -0.131. The van der Waals surface area contributed by atoms with Crippen molar-refractivity contribution in [1.82, 2.24) is 10.2 Å². The molecule has 134 valence electrons. The Morgan fingerprint density at radius 3 is 2.36 bits per heavy atom. The number of halogens is 1. The van der Waals surface area contributed by atoms with E-state index in [9.17, 15) is 9.90 Å². The molecular weight excluding hydrogens is 338 g/mol. The average molecular weight is 362 g/mol. The molecule has 0 spiro atoms. The Kier molecular flexibility index (Phi) is 7.25. The molecule has 0 fully saturated rings. The third-order valence-corrected chi connectivity index (χ3v) is 4.07. The molecule has 2 amide bonds. The molecule has 0 saturated heterocycles. The van der Waals surface area contributed by atoms with Crippen molar-refractivity contribution in [3.8, 4) is 0 Å². The summed E-state index contributed by atoms with van der Waals surface area (Å²) in [5.41, 5.74) is 1.50. The Morgan fingerprint density at radius 2 is 1.76 bits per heavy atom. The van der Waals surface area contributed by atoms with Gasteiger partial charge in [0.1, 0.15) is 0 Å². The van der Waals surface area contributed by atoms with Crippen molar-refractivity contribution in [3.63, 3.8) is 0 Å². The number of carbonyl (C=O) groups excluding carboxylic acids is 1. The summed E-state index contributed by atoms with van der Waals surface area (Å²) in [7, 11) is 3.89. The predicted octanol–water partition coefficient (Wildman–Crippen LogP) is 3.37. The van der Waals surface area contributed by atoms with E-state index < -0.39 is 6.10 Å². The van der Waals surface area contributed by atoms with Crippen LogP contribution in [0.15, 0.2) is 54.6 Å². The first-order chi connectivity index (χ1) is 12.0. The highest BCUT2D eigenvalue weighted by Crippen LogP contribution is 2.22. The molecule has 5 nitrogen and oxygen atoms in total. The van der Waals surface area contributed by atoms with Crippen molar-refractivity contribution in [3.05, 3.63) is 65.2 Å². The molecule has 2 aromatic carbocycles. The van der Waals surface area contributed by atoms with Gasteiger partial charge in [0.25, 0.3) is 0 Å². The maximum Gasteiger partial charge on any atom is 0.319 e. The first kappa shape index (κ1) is 19.2. The van der Waals surface area contributed by atoms with Crippen LogP contribution in [0.25, 0.3) is 0 Å². The fourth-order valence-corrected chi connectivity index (χ4v) is 2.73. The van der Waals surface area contributed by atoms with Gasteiger partial charge in [-0.3, -0.25) is 0 Å². The van der Waals surface area contributed by atoms with Crippen molar-refractivity contribution in [1.29, 1.82) is 0 Å². The number of urea groups is 1. The van der Waals surface area contributed by atoms with Crippen LogP contribution in [0.1, 0.15) is 11.7 Å². The Morgan fingerprint density at radius 1 is 1.12 bits per heavy atom. The zero-order valence-electron chi connectivity index (χ0n) is 14.4. The van der Waals surface area contributed by atoms with Gasteiger partial charge in [-0.25, -0.2) is 4.79 Å². The largest absolute Gasteiger partial charge is 0.388 e. The fourth-order valence-electron chi connectivity index (χ4n) is 2.60. The van der Waals surface area contributed by atoms with E-state index >= 15 is 0 Å². The SMILES string of the molecule is CN(C)C[C@@H](CNC(=O)Nc1ccc(Cl)cc1)[C@@H](O)c1ccccc1. The van der Waals surface area contributed by atoms with Gasteiger partial charge >= 0.3 is 6.03 Å². The lowest BCUT2D eigenvalue weighted by molar-refractivity contribution is 0.0911. The molecule has 0 aliphatic carbocycles. The third kappa shape index (κ3) is 6.38. The predicted molar refractivity (Wildman–Crippen MR) is 102 cm³/mol. The lowest BCUT2D eigenvalue weighted by atomic mass is 9.95. The number of nitrogens with one attached hydrogen (secondary N) is 2. The number of benzene rings is 2. The molecule has 0 saturated carbocycles. The summed E-state index contributed by atoms with van der Waals surface area (Å²) in [6, 6.07) is 16.1. The number of hydrogen-bond donors (Lipinski definition) is 3. The first-order valence-corrected chi connectivity index (χ1v) is 8.51. The number of nitrogens with zero attached hydrogens (tertiary/aromatic N) is 1. The van der Waals surface area contributed by atoms with Gasteiger partial charge < -0.3 is 20.6 Å². The van der Waals surface area contributed by atoms with Crippen LogP contribution in [-0.4, -0.2) is 43.2 Å². The van der Waals surface area contributed by atoms with Gasteiger partial charge in [0, 0.05) is 29.7 Å². The second-order valence-corrected chi connectivity index (χ2v) is 6.66. The second kappa shape index (κ2) is 9.42. The maximum absolute atomic E-state index is 12.1. The zero-order valence-corrected chi connectivity index (χ0v) is 15.2. The highest BCUT2D eigenvalue weighted by atomic mass is 35.5. The monoisotopic (exact) mass is 361 g/mol. The third-order valence-electron chi connectivity index (χ3n) is 3.81. The van der Waals surface area contributed by atoms with Crippen LogP contribution >= 0.6 is 11.6 Å². The fraction of sp³-hybridized carbons (Fsp3) is 0.316. The van der Waals surface area contributed by atoms with Crippen LogP contribution in [0.5, 0.6) is 0 Å². The molecule has 0 radical (unpaired) electrons. The minimum atomic E-state index is -0.653. The summed E-state index contributed by atoms with van der Waals surface area (Å²) in [6.07, 6.45) is -0.653. The molecule has 2 aromatic rings. The Balaban J connectivity index is 1.94. The van der Waals surface area contributed by atoms with Crippen molar-refractivity contribution in [2.24, 2.45) is 5.92 Å². The Labute approximate surface area is 153 Å². The van der Waals surface area contributed by atoms with Gasteiger partial charge in [0.2, 0.25) is 0 Å². The van der Waals surface area contributed by atoms with Crippen LogP contribution in [0, 0.1) is 5.92 Å². The molecule has 0 heterocycles. The minimum absolute atomic E-state index is 0.131. The lowest BCUT2D eigenvalue weighted by Gasteiger charge is -2.26. The summed E-state index contributed by atoms with van der Waals surface area (Å²) in [5, 5.41) is 16.8. The average Bonchev–Trinajstić information content (AvgIpc) is 2.60. The van der Waals surface area contributed by atoms with Crippen molar-refractivity contribution < 1.29 is 9.90 Å². The summed E-state index contributed by atoms with van der Waals surface area (Å²) < 4.78 is 0. The Bertz CT molecular complexity index is 662. The molecule has 3 N–H and O–H groups in total. The van der Waals surface area contributed by atoms with Gasteiger partial charge in [0.05, 0.1) is 6.10 Å². The highest BCUT2D eigenvalue weighted by Gasteiger charge is 2.22. The van der Waals surface area contributed by atoms with Crippen molar-refractivity contribution in [2.75, 3.05) is 32.5 Å². The minimum Gasteiger partial charge on any atom is -0.388 e. The second-order valence-electron chi connectivity index (χ2n) is 6.22. The molecular formula is C19H24ClN3O2. The molecule has 2 atom stereocenters. The molecule has 0 aliphatic heterocycles. The number of aliphatic hydroxyl groups is 1. The van der Waals surface area contributed by atoms with E-state index in [1.54, 1.807) is 24.3 Å². The first-order valence-electron chi connectivity index (χ1n) is 8.14. The van der Waals surface area contributed by atoms with E-state index in [-0.39, 0.29) is 11.9 Å². The van der Waals surface area contributed by atoms with E-state index in [0.717, 1.165) is 5.56 Å². The zero-order chi connectivity index (χ0) is 18.2. The van der Waals surface area contributed by atoms with Gasteiger partial charge in [-0.2, -0.15) is 0 Å². The number of aliphatic hydroxyl groups excluding tert-OH is 1. The van der Waals surface area contributed by atoms with E-state index in [2.05, 4.69) is 10.6 Å². The van der Waals surface area contributed by atoms with Crippen LogP contribution in [0.4, 0.5) is 10.5 Å². The summed E-state index contributed by atoms with van der Waals surface area (Å²) >= 11 is 5.83. The maximum atomic E-state index is 12.1. The van der Waals surface area contributed by atoms with Crippen molar-refractivity contribution >= 4 is 23.3 Å². The molecule has 25 heavy (non-hydrogen) atoms. The van der Waals surface area contributed by atoms with Gasteiger partial charge in [-0.15, -0.1) is 0 Å². The van der Waals surface area contributed by atoms with E-state index in [1.165, 1.54) is 0 Å². The number of hydrogen-bond acceptors (Lipinski definition) is 3. The van der Waals surface area contributed by atoms with Crippen LogP contribution in [-0.2, 0) is 0 Å². The highest BCUT2D eigenvalue weighted by molar-refractivity contribution is 6.30. The topological polar surface area (TPSA) is 64.6 Å². The standard InChI is InChI=1S/C19H24ClN3O2/c1-23(2)13-15(18(24)14-6-4-3-5-7-14)12-21-19(25)22-17-10-8-16(20)9-11-17/h3-11,15,18,24H,12-13H2,1-2H3,(H2,21,22,25)/t15-,18+/m1/s1. The van der Waals surface area contributed by atoms with Crippen LogP contribution in [0.2, 0.25) is 5.02 Å². The number of rotatable bonds is 7. The summed E-state index contributed by atoms with van der Waals surface area (Å²) in [6.45, 7) is 1.00. The molecule has 0 aromatic heterocycles. The Hall–Kier alpha value is -2.08. The van der Waals surface area contributed by atoms with Crippen molar-refractivity contribution in [2.45, 2.75) is 6.10 Å². The number of carbonyl (C=O) groups is 1. The van der Waals surface area contributed by atoms with Crippen LogP contribution < -0.4 is 10.6 Å².